The molecule has 0 radical (unpaired) electrons. The summed E-state index contributed by atoms with van der Waals surface area (Å²) < 4.78 is 19.4. The van der Waals surface area contributed by atoms with Crippen LogP contribution < -0.4 is 0 Å². The average Bonchev–Trinajstić information content (AvgIpc) is 2.52. The summed E-state index contributed by atoms with van der Waals surface area (Å²) in [6.07, 6.45) is 2.70. The minimum absolute atomic E-state index is 0.0367. The number of rotatable bonds is 4. The van der Waals surface area contributed by atoms with Crippen LogP contribution in [0.2, 0.25) is 0 Å². The van der Waals surface area contributed by atoms with Crippen LogP contribution in [0.1, 0.15) is 37.3 Å². The van der Waals surface area contributed by atoms with E-state index in [9.17, 15) is 9.50 Å². The first-order chi connectivity index (χ1) is 10.5. The lowest BCUT2D eigenvalue weighted by Gasteiger charge is -2.56. The predicted molar refractivity (Wildman–Crippen MR) is 84.1 cm³/mol. The van der Waals surface area contributed by atoms with Crippen molar-refractivity contribution in [2.75, 3.05) is 19.7 Å². The van der Waals surface area contributed by atoms with Crippen LogP contribution in [0.4, 0.5) is 4.39 Å². The Bertz CT molecular complexity index is 524. The highest BCUT2D eigenvalue weighted by Crippen LogP contribution is 2.51. The molecule has 3 rings (SSSR count). The highest BCUT2D eigenvalue weighted by molar-refractivity contribution is 5.23. The summed E-state index contributed by atoms with van der Waals surface area (Å²) in [5, 5.41) is 10.2. The first-order valence-electron chi connectivity index (χ1n) is 8.32. The fourth-order valence-electron chi connectivity index (χ4n) is 3.94. The third-order valence-corrected chi connectivity index (χ3v) is 5.54. The zero-order valence-electron chi connectivity index (χ0n) is 13.5. The average molecular weight is 307 g/mol. The summed E-state index contributed by atoms with van der Waals surface area (Å²) in [7, 11) is 0. The molecule has 0 aromatic heterocycles. The first-order valence-corrected chi connectivity index (χ1v) is 8.32. The molecule has 1 aromatic rings. The fourth-order valence-corrected chi connectivity index (χ4v) is 3.94. The van der Waals surface area contributed by atoms with Crippen LogP contribution in [0.3, 0.4) is 0 Å². The molecule has 1 saturated carbocycles. The molecular weight excluding hydrogens is 281 g/mol. The number of aliphatic hydroxyl groups is 1. The number of likely N-dealkylation sites (tertiary alicyclic amines) is 1. The molecule has 0 bridgehead atoms. The van der Waals surface area contributed by atoms with Gasteiger partial charge in [0.15, 0.2) is 0 Å². The first kappa shape index (κ1) is 15.9. The van der Waals surface area contributed by atoms with Gasteiger partial charge in [0.25, 0.3) is 0 Å². The summed E-state index contributed by atoms with van der Waals surface area (Å²) in [6.45, 7) is 7.18. The van der Waals surface area contributed by atoms with Gasteiger partial charge in [0.05, 0.1) is 12.2 Å². The largest absolute Gasteiger partial charge is 0.392 e. The van der Waals surface area contributed by atoms with Gasteiger partial charge in [0, 0.05) is 25.0 Å². The third kappa shape index (κ3) is 2.80. The van der Waals surface area contributed by atoms with Crippen LogP contribution >= 0.6 is 0 Å². The van der Waals surface area contributed by atoms with Gasteiger partial charge in [-0.15, -0.1) is 0 Å². The summed E-state index contributed by atoms with van der Waals surface area (Å²) in [5.41, 5.74) is 1.68. The monoisotopic (exact) mass is 307 g/mol. The quantitative estimate of drug-likeness (QED) is 0.928. The van der Waals surface area contributed by atoms with Gasteiger partial charge in [-0.3, -0.25) is 4.90 Å². The molecule has 1 saturated heterocycles. The second kappa shape index (κ2) is 6.26. The number of hydrogen-bond donors (Lipinski definition) is 1. The fraction of sp³-hybridized carbons (Fsp3) is 0.667. The Morgan fingerprint density at radius 2 is 2.09 bits per heavy atom. The summed E-state index contributed by atoms with van der Waals surface area (Å²) in [5.74, 6) is -0.128. The van der Waals surface area contributed by atoms with E-state index < -0.39 is 0 Å². The molecule has 2 unspecified atom stereocenters. The Hall–Kier alpha value is -0.970. The molecule has 3 nitrogen and oxygen atoms in total. The Balaban J connectivity index is 1.58. The van der Waals surface area contributed by atoms with Gasteiger partial charge >= 0.3 is 0 Å². The molecule has 122 valence electrons. The number of aliphatic hydroxyl groups excluding tert-OH is 1. The van der Waals surface area contributed by atoms with Gasteiger partial charge < -0.3 is 9.84 Å². The normalized spacial score (nSPS) is 27.8. The van der Waals surface area contributed by atoms with Gasteiger partial charge in [-0.05, 0) is 57.0 Å². The van der Waals surface area contributed by atoms with Crippen molar-refractivity contribution in [1.29, 1.82) is 0 Å². The summed E-state index contributed by atoms with van der Waals surface area (Å²) in [6, 6.07) is 5.49. The van der Waals surface area contributed by atoms with Crippen LogP contribution in [-0.2, 0) is 11.3 Å². The second-order valence-corrected chi connectivity index (χ2v) is 6.79. The second-order valence-electron chi connectivity index (χ2n) is 6.79. The van der Waals surface area contributed by atoms with Gasteiger partial charge in [0.2, 0.25) is 0 Å². The van der Waals surface area contributed by atoms with Crippen molar-refractivity contribution < 1.29 is 14.2 Å². The summed E-state index contributed by atoms with van der Waals surface area (Å²) >= 11 is 0. The highest BCUT2D eigenvalue weighted by Gasteiger charge is 2.55. The van der Waals surface area contributed by atoms with E-state index in [0.717, 1.165) is 44.5 Å². The molecule has 1 spiro atoms. The van der Waals surface area contributed by atoms with Crippen molar-refractivity contribution >= 4 is 0 Å². The van der Waals surface area contributed by atoms with Crippen molar-refractivity contribution in [2.45, 2.75) is 51.9 Å². The van der Waals surface area contributed by atoms with E-state index in [2.05, 4.69) is 4.90 Å². The number of halogens is 1. The number of benzene rings is 1. The number of aryl methyl sites for hydroxylation is 1. The predicted octanol–water partition coefficient (Wildman–Crippen LogP) is 2.89. The molecule has 2 atom stereocenters. The topological polar surface area (TPSA) is 32.7 Å². The summed E-state index contributed by atoms with van der Waals surface area (Å²) in [4.78, 5) is 2.35. The van der Waals surface area contributed by atoms with Gasteiger partial charge in [0.1, 0.15) is 5.82 Å². The van der Waals surface area contributed by atoms with E-state index in [1.54, 1.807) is 13.0 Å². The Kier molecular flexibility index (Phi) is 4.53. The van der Waals surface area contributed by atoms with E-state index in [-0.39, 0.29) is 23.4 Å². The SMILES string of the molecule is CCOC1CC(O)C12CCN(Cc1ccc(C)c(F)c1)CC2. The van der Waals surface area contributed by atoms with Crippen molar-refractivity contribution in [3.63, 3.8) is 0 Å². The molecule has 4 heteroatoms. The third-order valence-electron chi connectivity index (χ3n) is 5.54. The minimum atomic E-state index is -0.219. The number of ether oxygens (including phenoxy) is 1. The molecule has 1 N–H and O–H groups in total. The molecule has 2 aliphatic rings. The van der Waals surface area contributed by atoms with Crippen LogP contribution in [0.25, 0.3) is 0 Å². The van der Waals surface area contributed by atoms with E-state index in [1.807, 2.05) is 19.1 Å². The smallest absolute Gasteiger partial charge is 0.126 e. The highest BCUT2D eigenvalue weighted by atomic mass is 19.1. The Morgan fingerprint density at radius 3 is 2.68 bits per heavy atom. The van der Waals surface area contributed by atoms with E-state index in [0.29, 0.717) is 12.2 Å². The molecule has 1 aromatic carbocycles. The van der Waals surface area contributed by atoms with Crippen LogP contribution in [0.15, 0.2) is 18.2 Å². The molecule has 0 amide bonds. The van der Waals surface area contributed by atoms with Gasteiger partial charge in [-0.1, -0.05) is 12.1 Å². The van der Waals surface area contributed by atoms with Crippen molar-refractivity contribution in [2.24, 2.45) is 5.41 Å². The van der Waals surface area contributed by atoms with E-state index in [4.69, 9.17) is 4.74 Å². The lowest BCUT2D eigenvalue weighted by atomic mass is 9.58. The molecule has 1 aliphatic carbocycles. The number of piperidine rings is 1. The van der Waals surface area contributed by atoms with Crippen molar-refractivity contribution in [3.8, 4) is 0 Å². The molecule has 22 heavy (non-hydrogen) atoms. The Morgan fingerprint density at radius 1 is 1.36 bits per heavy atom. The van der Waals surface area contributed by atoms with E-state index in [1.165, 1.54) is 0 Å². The molecule has 1 aliphatic heterocycles. The standard InChI is InChI=1S/C18H26FNO2/c1-3-22-17-11-16(21)18(17)6-8-20(9-7-18)12-14-5-4-13(2)15(19)10-14/h4-5,10,16-17,21H,3,6-9,11-12H2,1-2H3. The maximum absolute atomic E-state index is 13.6. The zero-order chi connectivity index (χ0) is 15.7. The van der Waals surface area contributed by atoms with Gasteiger partial charge in [-0.2, -0.15) is 0 Å². The van der Waals surface area contributed by atoms with Crippen LogP contribution in [-0.4, -0.2) is 41.9 Å². The van der Waals surface area contributed by atoms with Crippen molar-refractivity contribution in [3.05, 3.63) is 35.1 Å². The van der Waals surface area contributed by atoms with Crippen molar-refractivity contribution in [1.82, 2.24) is 4.90 Å². The maximum Gasteiger partial charge on any atom is 0.126 e. The maximum atomic E-state index is 13.6. The van der Waals surface area contributed by atoms with E-state index >= 15 is 0 Å². The molecular formula is C18H26FNO2. The van der Waals surface area contributed by atoms with Crippen LogP contribution in [0.5, 0.6) is 0 Å². The minimum Gasteiger partial charge on any atom is -0.392 e. The lowest BCUT2D eigenvalue weighted by Crippen LogP contribution is -2.62. The molecule has 2 fully saturated rings. The Labute approximate surface area is 132 Å². The van der Waals surface area contributed by atoms with Crippen LogP contribution in [0, 0.1) is 18.2 Å². The zero-order valence-corrected chi connectivity index (χ0v) is 13.5. The lowest BCUT2D eigenvalue weighted by molar-refractivity contribution is -0.209. The van der Waals surface area contributed by atoms with Gasteiger partial charge in [-0.25, -0.2) is 4.39 Å². The number of hydrogen-bond acceptors (Lipinski definition) is 3. The number of nitrogens with zero attached hydrogens (tertiary/aromatic N) is 1. The molecule has 1 heterocycles.